The maximum Gasteiger partial charge on any atom is 0.252 e. The van der Waals surface area contributed by atoms with Crippen LogP contribution in [0.2, 0.25) is 0 Å². The molecule has 3 saturated heterocycles. The van der Waals surface area contributed by atoms with Gasteiger partial charge in [-0.05, 0) is 13.8 Å². The van der Waals surface area contributed by atoms with Gasteiger partial charge in [0, 0.05) is 39.3 Å². The van der Waals surface area contributed by atoms with Gasteiger partial charge in [0.2, 0.25) is 17.7 Å². The Morgan fingerprint density at radius 3 is 2.40 bits per heavy atom. The minimum atomic E-state index is -1.70. The number of amides is 4. The van der Waals surface area contributed by atoms with E-state index in [1.807, 2.05) is 0 Å². The molecule has 11 atom stereocenters. The number of methoxy groups -OCH3 is 1. The summed E-state index contributed by atoms with van der Waals surface area (Å²) in [5.74, 6) is -1.32. The van der Waals surface area contributed by atoms with Crippen LogP contribution in [0.25, 0.3) is 0 Å². The number of aliphatic hydroxyl groups is 4. The number of nitrogens with one attached hydrogen (secondary N) is 2. The standard InChI is InChI=1S/C24H39N3O12S/c1-5-27-14(30)8-13(23(27)35)40-7-6-25-22(34)21-20(36-4)17(32)18(33)24(39-21)38-19-15(26-11(3)29)10(2)37-12(9-28)16(19)31/h10,12-13,15-21,24,28,31-33H,5-9H2,1-4H3,(H,25,34)(H,26,29)/t10-,12?,13?,15?,16+,17+,18?,19+,20-,21?,24+/m0/s1. The number of imide groups is 1. The first kappa shape index (κ1) is 32.6. The maximum atomic E-state index is 13.0. The molecular formula is C24H39N3O12S. The molecule has 6 N–H and O–H groups in total. The summed E-state index contributed by atoms with van der Waals surface area (Å²) in [5, 5.41) is 46.5. The number of aliphatic hydroxyl groups excluding tert-OH is 4. The van der Waals surface area contributed by atoms with Crippen LogP contribution in [0.15, 0.2) is 0 Å². The van der Waals surface area contributed by atoms with E-state index in [1.54, 1.807) is 13.8 Å². The Bertz CT molecular complexity index is 928. The van der Waals surface area contributed by atoms with Crippen LogP contribution < -0.4 is 10.6 Å². The lowest BCUT2D eigenvalue weighted by Crippen LogP contribution is -2.68. The Hall–Kier alpha value is -1.89. The lowest BCUT2D eigenvalue weighted by Gasteiger charge is -2.47. The van der Waals surface area contributed by atoms with Crippen LogP contribution in [0.4, 0.5) is 0 Å². The van der Waals surface area contributed by atoms with Crippen LogP contribution >= 0.6 is 11.8 Å². The van der Waals surface area contributed by atoms with Crippen LogP contribution in [-0.2, 0) is 38.1 Å². The van der Waals surface area contributed by atoms with Crippen LogP contribution in [0, 0.1) is 0 Å². The summed E-state index contributed by atoms with van der Waals surface area (Å²) in [7, 11) is 1.23. The highest BCUT2D eigenvalue weighted by molar-refractivity contribution is 8.00. The molecule has 0 aromatic carbocycles. The van der Waals surface area contributed by atoms with Crippen molar-refractivity contribution in [3.63, 3.8) is 0 Å². The molecule has 3 fully saturated rings. The van der Waals surface area contributed by atoms with E-state index in [2.05, 4.69) is 10.6 Å². The summed E-state index contributed by atoms with van der Waals surface area (Å²) in [6.45, 7) is 4.43. The van der Waals surface area contributed by atoms with Gasteiger partial charge in [-0.25, -0.2) is 0 Å². The lowest BCUT2D eigenvalue weighted by molar-refractivity contribution is -0.325. The first-order chi connectivity index (χ1) is 18.9. The minimum Gasteiger partial charge on any atom is -0.394 e. The van der Waals surface area contributed by atoms with Crippen LogP contribution in [0.5, 0.6) is 0 Å². The van der Waals surface area contributed by atoms with Gasteiger partial charge >= 0.3 is 0 Å². The third-order valence-electron chi connectivity index (χ3n) is 7.12. The van der Waals surface area contributed by atoms with E-state index in [4.69, 9.17) is 18.9 Å². The average molecular weight is 594 g/mol. The molecule has 0 aromatic heterocycles. The smallest absolute Gasteiger partial charge is 0.252 e. The second-order valence-electron chi connectivity index (χ2n) is 9.82. The van der Waals surface area contributed by atoms with E-state index >= 15 is 0 Å². The molecule has 3 rings (SSSR count). The van der Waals surface area contributed by atoms with Gasteiger partial charge in [0.15, 0.2) is 12.4 Å². The van der Waals surface area contributed by atoms with Crippen molar-refractivity contribution in [1.82, 2.24) is 15.5 Å². The lowest BCUT2D eigenvalue weighted by atomic mass is 9.92. The Labute approximate surface area is 235 Å². The molecule has 15 nitrogen and oxygen atoms in total. The fourth-order valence-corrected chi connectivity index (χ4v) is 6.09. The number of hydrogen-bond acceptors (Lipinski definition) is 13. The Morgan fingerprint density at radius 1 is 1.12 bits per heavy atom. The van der Waals surface area contributed by atoms with Crippen LogP contribution in [0.3, 0.4) is 0 Å². The second-order valence-corrected chi connectivity index (χ2v) is 11.1. The number of thioether (sulfide) groups is 1. The van der Waals surface area contributed by atoms with Crippen LogP contribution in [-0.4, -0.2) is 148 Å². The van der Waals surface area contributed by atoms with Crippen molar-refractivity contribution in [2.75, 3.05) is 32.6 Å². The molecule has 0 aromatic rings. The van der Waals surface area contributed by atoms with Crippen molar-refractivity contribution in [2.24, 2.45) is 0 Å². The van der Waals surface area contributed by atoms with Gasteiger partial charge in [-0.3, -0.25) is 24.1 Å². The zero-order valence-corrected chi connectivity index (χ0v) is 23.6. The van der Waals surface area contributed by atoms with Crippen molar-refractivity contribution in [3.8, 4) is 0 Å². The summed E-state index contributed by atoms with van der Waals surface area (Å²) in [4.78, 5) is 50.2. The second kappa shape index (κ2) is 14.3. The van der Waals surface area contributed by atoms with Crippen molar-refractivity contribution < 1.29 is 58.6 Å². The van der Waals surface area contributed by atoms with Gasteiger partial charge in [-0.15, -0.1) is 11.8 Å². The highest BCUT2D eigenvalue weighted by Gasteiger charge is 2.52. The number of rotatable bonds is 11. The van der Waals surface area contributed by atoms with E-state index < -0.39 is 84.8 Å². The van der Waals surface area contributed by atoms with Gasteiger partial charge in [0.05, 0.1) is 24.0 Å². The van der Waals surface area contributed by atoms with Crippen molar-refractivity contribution in [3.05, 3.63) is 0 Å². The third-order valence-corrected chi connectivity index (χ3v) is 8.33. The maximum absolute atomic E-state index is 13.0. The average Bonchev–Trinajstić information content (AvgIpc) is 3.19. The molecule has 3 heterocycles. The van der Waals surface area contributed by atoms with E-state index in [1.165, 1.54) is 30.7 Å². The summed E-state index contributed by atoms with van der Waals surface area (Å²) in [5.41, 5.74) is 0. The zero-order valence-electron chi connectivity index (χ0n) is 22.8. The number of hydrogen-bond donors (Lipinski definition) is 6. The number of ether oxygens (including phenoxy) is 4. The molecule has 3 aliphatic heterocycles. The number of likely N-dealkylation sites (tertiary alicyclic amines) is 1. The summed E-state index contributed by atoms with van der Waals surface area (Å²) in [6.07, 6.45) is -12.1. The molecule has 228 valence electrons. The highest BCUT2D eigenvalue weighted by atomic mass is 32.2. The number of nitrogens with zero attached hydrogens (tertiary/aromatic N) is 1. The Kier molecular flexibility index (Phi) is 11.7. The number of carbonyl (C=O) groups excluding carboxylic acids is 4. The fourth-order valence-electron chi connectivity index (χ4n) is 5.05. The fraction of sp³-hybridized carbons (Fsp3) is 0.833. The molecule has 0 spiro atoms. The van der Waals surface area contributed by atoms with Crippen molar-refractivity contribution in [1.29, 1.82) is 0 Å². The van der Waals surface area contributed by atoms with E-state index in [0.29, 0.717) is 12.3 Å². The summed E-state index contributed by atoms with van der Waals surface area (Å²) < 4.78 is 22.4. The first-order valence-corrected chi connectivity index (χ1v) is 14.1. The topological polar surface area (TPSA) is 213 Å². The minimum absolute atomic E-state index is 0.0964. The van der Waals surface area contributed by atoms with Gasteiger partial charge in [-0.2, -0.15) is 0 Å². The van der Waals surface area contributed by atoms with Gasteiger partial charge < -0.3 is 50.0 Å². The van der Waals surface area contributed by atoms with Gasteiger partial charge in [0.25, 0.3) is 5.91 Å². The zero-order chi connectivity index (χ0) is 29.7. The van der Waals surface area contributed by atoms with E-state index in [0.717, 1.165) is 0 Å². The molecule has 16 heteroatoms. The Morgan fingerprint density at radius 2 is 1.82 bits per heavy atom. The van der Waals surface area contributed by atoms with E-state index in [-0.39, 0.29) is 24.8 Å². The molecular weight excluding hydrogens is 554 g/mol. The van der Waals surface area contributed by atoms with E-state index in [9.17, 15) is 39.6 Å². The largest absolute Gasteiger partial charge is 0.394 e. The molecule has 0 aliphatic carbocycles. The first-order valence-electron chi connectivity index (χ1n) is 13.1. The molecule has 0 bridgehead atoms. The molecule has 40 heavy (non-hydrogen) atoms. The SMILES string of the molecule is CCN1C(=O)CC(SCCNC(=O)C2O[C@@H](O[C@@H]3C(NC(C)=O)[C@H](C)OC(CO)[C@H]3O)C(O)[C@@H](O)[C@@H]2OC)C1=O. The predicted octanol–water partition coefficient (Wildman–Crippen LogP) is -3.52. The van der Waals surface area contributed by atoms with Crippen molar-refractivity contribution >= 4 is 35.4 Å². The van der Waals surface area contributed by atoms with Crippen LogP contribution in [0.1, 0.15) is 27.2 Å². The molecule has 0 radical (unpaired) electrons. The third kappa shape index (κ3) is 7.11. The molecule has 0 saturated carbocycles. The number of carbonyl (C=O) groups is 4. The molecule has 4 amide bonds. The summed E-state index contributed by atoms with van der Waals surface area (Å²) >= 11 is 1.24. The molecule has 5 unspecified atom stereocenters. The van der Waals surface area contributed by atoms with Crippen molar-refractivity contribution in [2.45, 2.75) is 93.6 Å². The van der Waals surface area contributed by atoms with Gasteiger partial charge in [-0.1, -0.05) is 0 Å². The van der Waals surface area contributed by atoms with Gasteiger partial charge in [0.1, 0.15) is 36.6 Å². The highest BCUT2D eigenvalue weighted by Crippen LogP contribution is 2.30. The Balaban J connectivity index is 1.66. The quantitative estimate of drug-likeness (QED) is 0.101. The molecule has 3 aliphatic rings. The normalized spacial score (nSPS) is 38.4. The summed E-state index contributed by atoms with van der Waals surface area (Å²) in [6, 6.07) is -0.915. The monoisotopic (exact) mass is 593 g/mol. The predicted molar refractivity (Wildman–Crippen MR) is 138 cm³/mol.